The molecule has 29 heavy (non-hydrogen) atoms. The third kappa shape index (κ3) is 5.01. The quantitative estimate of drug-likeness (QED) is 0.620. The van der Waals surface area contributed by atoms with Crippen LogP contribution in [0.1, 0.15) is 38.9 Å². The van der Waals surface area contributed by atoms with Crippen LogP contribution in [0.2, 0.25) is 0 Å². The van der Waals surface area contributed by atoms with E-state index in [1.165, 1.54) is 17.4 Å². The minimum atomic E-state index is -0.614. The molecule has 2 aromatic carbocycles. The number of esters is 1. The highest BCUT2D eigenvalue weighted by molar-refractivity contribution is 6.07. The maximum absolute atomic E-state index is 12.6. The minimum absolute atomic E-state index is 0.0540. The van der Waals surface area contributed by atoms with Crippen molar-refractivity contribution in [3.63, 3.8) is 0 Å². The lowest BCUT2D eigenvalue weighted by Gasteiger charge is -2.09. The predicted octanol–water partition coefficient (Wildman–Crippen LogP) is 3.60. The van der Waals surface area contributed by atoms with Crippen LogP contribution in [0.3, 0.4) is 0 Å². The Kier molecular flexibility index (Phi) is 6.29. The van der Waals surface area contributed by atoms with Gasteiger partial charge >= 0.3 is 5.97 Å². The molecule has 3 rings (SSSR count). The average Bonchev–Trinajstić information content (AvgIpc) is 3.12. The molecule has 0 fully saturated rings. The number of benzene rings is 2. The molecule has 1 N–H and O–H groups in total. The van der Waals surface area contributed by atoms with Crippen LogP contribution in [0.25, 0.3) is 0 Å². The minimum Gasteiger partial charge on any atom is -0.489 e. The molecule has 0 saturated heterocycles. The van der Waals surface area contributed by atoms with Gasteiger partial charge < -0.3 is 14.8 Å². The van der Waals surface area contributed by atoms with Crippen LogP contribution in [0.15, 0.2) is 54.7 Å². The van der Waals surface area contributed by atoms with Crippen LogP contribution in [0.4, 0.5) is 5.69 Å². The smallest absolute Gasteiger partial charge is 0.360 e. The van der Waals surface area contributed by atoms with Crippen molar-refractivity contribution in [1.82, 2.24) is 9.78 Å². The molecule has 0 radical (unpaired) electrons. The molecule has 1 heterocycles. The highest BCUT2D eigenvalue weighted by atomic mass is 16.5. The van der Waals surface area contributed by atoms with Crippen molar-refractivity contribution in [2.24, 2.45) is 7.05 Å². The van der Waals surface area contributed by atoms with Crippen LogP contribution in [-0.2, 0) is 24.8 Å². The third-order valence-corrected chi connectivity index (χ3v) is 4.38. The van der Waals surface area contributed by atoms with Crippen molar-refractivity contribution in [3.05, 3.63) is 77.1 Å². The van der Waals surface area contributed by atoms with Crippen LogP contribution in [0, 0.1) is 0 Å². The van der Waals surface area contributed by atoms with E-state index in [0.29, 0.717) is 17.9 Å². The van der Waals surface area contributed by atoms with Gasteiger partial charge in [0.1, 0.15) is 12.4 Å². The Morgan fingerprint density at radius 1 is 1.10 bits per heavy atom. The molecule has 0 aliphatic heterocycles. The number of carbonyl (C=O) groups is 2. The number of hydrogen-bond donors (Lipinski definition) is 1. The first-order valence-electron chi connectivity index (χ1n) is 9.24. The summed E-state index contributed by atoms with van der Waals surface area (Å²) in [6.07, 6.45) is 2.53. The largest absolute Gasteiger partial charge is 0.489 e. The van der Waals surface area contributed by atoms with E-state index >= 15 is 0 Å². The van der Waals surface area contributed by atoms with Gasteiger partial charge in [0.05, 0.1) is 12.8 Å². The summed E-state index contributed by atoms with van der Waals surface area (Å²) in [6, 6.07) is 15.1. The number of amides is 1. The highest BCUT2D eigenvalue weighted by Crippen LogP contribution is 2.18. The Morgan fingerprint density at radius 3 is 2.55 bits per heavy atom. The lowest BCUT2D eigenvalue weighted by molar-refractivity contribution is 0.0594. The number of nitrogens with one attached hydrogen (secondary N) is 1. The van der Waals surface area contributed by atoms with Gasteiger partial charge in [0.2, 0.25) is 0 Å². The van der Waals surface area contributed by atoms with Crippen LogP contribution in [-0.4, -0.2) is 28.8 Å². The summed E-state index contributed by atoms with van der Waals surface area (Å²) in [4.78, 5) is 24.5. The van der Waals surface area contributed by atoms with Crippen molar-refractivity contribution >= 4 is 17.6 Å². The summed E-state index contributed by atoms with van der Waals surface area (Å²) in [5, 5.41) is 6.74. The van der Waals surface area contributed by atoms with Crippen LogP contribution >= 0.6 is 0 Å². The number of aromatic nitrogens is 2. The second kappa shape index (κ2) is 9.05. The average molecular weight is 393 g/mol. The molecule has 150 valence electrons. The van der Waals surface area contributed by atoms with Gasteiger partial charge in [-0.3, -0.25) is 9.48 Å². The first kappa shape index (κ1) is 20.1. The topological polar surface area (TPSA) is 82.5 Å². The van der Waals surface area contributed by atoms with E-state index in [2.05, 4.69) is 17.3 Å². The molecular formula is C22H23N3O4. The van der Waals surface area contributed by atoms with Gasteiger partial charge in [-0.25, -0.2) is 4.79 Å². The van der Waals surface area contributed by atoms with Crippen molar-refractivity contribution in [1.29, 1.82) is 0 Å². The Balaban J connectivity index is 1.68. The molecule has 0 atom stereocenters. The number of carbonyl (C=O) groups excluding carboxylic acids is 2. The lowest BCUT2D eigenvalue weighted by Crippen LogP contribution is -2.15. The fraction of sp³-hybridized carbons (Fsp3) is 0.227. The molecule has 1 amide bonds. The van der Waals surface area contributed by atoms with Crippen LogP contribution in [0.5, 0.6) is 5.75 Å². The number of rotatable bonds is 7. The SMILES string of the molecule is CCc1ccc(OCc2cccc(C(=O)Nc3cn(C)nc3C(=O)OC)c2)cc1. The van der Waals surface area contributed by atoms with Crippen molar-refractivity contribution in [3.8, 4) is 5.75 Å². The van der Waals surface area contributed by atoms with Gasteiger partial charge in [0.25, 0.3) is 5.91 Å². The lowest BCUT2D eigenvalue weighted by atomic mass is 10.1. The zero-order chi connectivity index (χ0) is 20.8. The third-order valence-electron chi connectivity index (χ3n) is 4.38. The summed E-state index contributed by atoms with van der Waals surface area (Å²) < 4.78 is 11.9. The summed E-state index contributed by atoms with van der Waals surface area (Å²) >= 11 is 0. The van der Waals surface area contributed by atoms with E-state index in [4.69, 9.17) is 9.47 Å². The standard InChI is InChI=1S/C22H23N3O4/c1-4-15-8-10-18(11-9-15)29-14-16-6-5-7-17(12-16)21(26)23-19-13-25(2)24-20(19)22(27)28-3/h5-13H,4,14H2,1-3H3,(H,23,26). The van der Waals surface area contributed by atoms with Gasteiger partial charge in [0, 0.05) is 18.8 Å². The van der Waals surface area contributed by atoms with Gasteiger partial charge in [-0.05, 0) is 41.8 Å². The molecule has 0 bridgehead atoms. The van der Waals surface area contributed by atoms with E-state index in [9.17, 15) is 9.59 Å². The number of aryl methyl sites for hydroxylation is 2. The van der Waals surface area contributed by atoms with E-state index in [1.807, 2.05) is 30.3 Å². The molecule has 0 aliphatic carbocycles. The molecule has 0 unspecified atom stereocenters. The molecule has 7 heteroatoms. The van der Waals surface area contributed by atoms with E-state index in [-0.39, 0.29) is 11.6 Å². The summed E-state index contributed by atoms with van der Waals surface area (Å²) in [7, 11) is 2.93. The number of anilines is 1. The number of hydrogen-bond acceptors (Lipinski definition) is 5. The van der Waals surface area contributed by atoms with E-state index in [0.717, 1.165) is 17.7 Å². The number of ether oxygens (including phenoxy) is 2. The van der Waals surface area contributed by atoms with E-state index < -0.39 is 5.97 Å². The molecule has 1 aromatic heterocycles. The monoisotopic (exact) mass is 393 g/mol. The van der Waals surface area contributed by atoms with Crippen molar-refractivity contribution in [2.45, 2.75) is 20.0 Å². The zero-order valence-corrected chi connectivity index (χ0v) is 16.6. The number of methoxy groups -OCH3 is 1. The molecule has 7 nitrogen and oxygen atoms in total. The summed E-state index contributed by atoms with van der Waals surface area (Å²) in [5.41, 5.74) is 2.90. The Morgan fingerprint density at radius 2 is 1.86 bits per heavy atom. The molecule has 3 aromatic rings. The molecule has 0 aliphatic rings. The molecular weight excluding hydrogens is 370 g/mol. The second-order valence-corrected chi connectivity index (χ2v) is 6.50. The summed E-state index contributed by atoms with van der Waals surface area (Å²) in [6.45, 7) is 2.44. The fourth-order valence-corrected chi connectivity index (χ4v) is 2.81. The zero-order valence-electron chi connectivity index (χ0n) is 16.6. The van der Waals surface area contributed by atoms with Crippen molar-refractivity contribution in [2.75, 3.05) is 12.4 Å². The Labute approximate surface area is 169 Å². The normalized spacial score (nSPS) is 10.4. The maximum atomic E-state index is 12.6. The Hall–Kier alpha value is -3.61. The summed E-state index contributed by atoms with van der Waals surface area (Å²) in [5.74, 6) is -0.190. The Bertz CT molecular complexity index is 1010. The van der Waals surface area contributed by atoms with Gasteiger partial charge in [0.15, 0.2) is 5.69 Å². The predicted molar refractivity (Wildman–Crippen MR) is 109 cm³/mol. The van der Waals surface area contributed by atoms with Gasteiger partial charge in [-0.15, -0.1) is 0 Å². The van der Waals surface area contributed by atoms with E-state index in [1.54, 1.807) is 31.4 Å². The first-order valence-corrected chi connectivity index (χ1v) is 9.24. The van der Waals surface area contributed by atoms with Gasteiger partial charge in [-0.1, -0.05) is 31.2 Å². The first-order chi connectivity index (χ1) is 14.0. The highest BCUT2D eigenvalue weighted by Gasteiger charge is 2.19. The second-order valence-electron chi connectivity index (χ2n) is 6.50. The van der Waals surface area contributed by atoms with Crippen molar-refractivity contribution < 1.29 is 19.1 Å². The number of nitrogens with zero attached hydrogens (tertiary/aromatic N) is 2. The fourth-order valence-electron chi connectivity index (χ4n) is 2.81. The molecule has 0 saturated carbocycles. The maximum Gasteiger partial charge on any atom is 0.360 e. The van der Waals surface area contributed by atoms with Gasteiger partial charge in [-0.2, -0.15) is 5.10 Å². The molecule has 0 spiro atoms. The van der Waals surface area contributed by atoms with Crippen LogP contribution < -0.4 is 10.1 Å².